The summed E-state index contributed by atoms with van der Waals surface area (Å²) in [4.78, 5) is 3.96. The highest BCUT2D eigenvalue weighted by Gasteiger charge is 1.91. The van der Waals surface area contributed by atoms with Crippen molar-refractivity contribution in [3.05, 3.63) is 23.4 Å². The van der Waals surface area contributed by atoms with Crippen LogP contribution in [0.5, 0.6) is 0 Å². The quantitative estimate of drug-likeness (QED) is 0.580. The van der Waals surface area contributed by atoms with Crippen LogP contribution in [0.3, 0.4) is 0 Å². The molecule has 0 aromatic carbocycles. The van der Waals surface area contributed by atoms with Gasteiger partial charge in [-0.15, -0.1) is 0 Å². The molecule has 0 aliphatic heterocycles. The fraction of sp³-hybridized carbons (Fsp3) is 0.286. The molecule has 1 aromatic rings. The first-order valence-corrected chi connectivity index (χ1v) is 3.95. The normalized spacial score (nSPS) is 10.5. The third-order valence-corrected chi connectivity index (χ3v) is 1.33. The van der Waals surface area contributed by atoms with Crippen molar-refractivity contribution in [1.82, 2.24) is 4.98 Å². The molecule has 5 heteroatoms. The van der Waals surface area contributed by atoms with E-state index in [0.717, 1.165) is 0 Å². The summed E-state index contributed by atoms with van der Waals surface area (Å²) in [6, 6.07) is 3.37. The number of halogens is 1. The van der Waals surface area contributed by atoms with E-state index >= 15 is 0 Å². The van der Waals surface area contributed by atoms with Crippen molar-refractivity contribution in [3.8, 4) is 0 Å². The van der Waals surface area contributed by atoms with Crippen LogP contribution in [-0.4, -0.2) is 11.5 Å². The number of aromatic nitrogens is 1. The van der Waals surface area contributed by atoms with Gasteiger partial charge in [-0.3, -0.25) is 0 Å². The van der Waals surface area contributed by atoms with Gasteiger partial charge in [0.1, 0.15) is 5.82 Å². The number of rotatable bonds is 3. The number of nitrogens with one attached hydrogen (secondary N) is 1. The van der Waals surface area contributed by atoms with Crippen molar-refractivity contribution in [3.63, 3.8) is 0 Å². The summed E-state index contributed by atoms with van der Waals surface area (Å²) in [5, 5.41) is 8.01. The fourth-order valence-corrected chi connectivity index (χ4v) is 0.783. The van der Waals surface area contributed by atoms with Crippen molar-refractivity contribution in [2.75, 3.05) is 12.0 Å². The zero-order valence-corrected chi connectivity index (χ0v) is 7.41. The average Bonchev–Trinajstić information content (AvgIpc) is 2.05. The molecule has 1 rings (SSSR count). The lowest BCUT2D eigenvalue weighted by molar-refractivity contribution is 0.957. The minimum Gasteiger partial charge on any atom is -0.243 e. The van der Waals surface area contributed by atoms with Crippen LogP contribution < -0.4 is 5.43 Å². The van der Waals surface area contributed by atoms with E-state index in [4.69, 9.17) is 11.6 Å². The van der Waals surface area contributed by atoms with Gasteiger partial charge in [0.05, 0.1) is 6.54 Å². The average molecular weight is 185 g/mol. The van der Waals surface area contributed by atoms with E-state index in [2.05, 4.69) is 20.7 Å². The first kappa shape index (κ1) is 8.93. The van der Waals surface area contributed by atoms with Crippen LogP contribution in [-0.2, 0) is 0 Å². The largest absolute Gasteiger partial charge is 0.243 e. The molecule has 1 heterocycles. The van der Waals surface area contributed by atoms with Crippen LogP contribution in [0.2, 0.25) is 5.02 Å². The molecule has 1 N–H and O–H groups in total. The monoisotopic (exact) mass is 184 g/mol. The Labute approximate surface area is 75.7 Å². The maximum absolute atomic E-state index is 5.71. The van der Waals surface area contributed by atoms with Crippen LogP contribution in [0.15, 0.2) is 28.7 Å². The lowest BCUT2D eigenvalue weighted by Crippen LogP contribution is -1.89. The molecule has 0 fully saturated rings. The van der Waals surface area contributed by atoms with Crippen molar-refractivity contribution in [2.24, 2.45) is 10.3 Å². The molecule has 4 nitrogen and oxygen atoms in total. The van der Waals surface area contributed by atoms with Crippen LogP contribution in [0.25, 0.3) is 0 Å². The van der Waals surface area contributed by atoms with Crippen LogP contribution in [0.4, 0.5) is 5.82 Å². The van der Waals surface area contributed by atoms with Gasteiger partial charge >= 0.3 is 0 Å². The topological polar surface area (TPSA) is 49.6 Å². The Hall–Kier alpha value is -1.16. The maximum atomic E-state index is 5.71. The molecule has 0 saturated heterocycles. The second-order valence-electron chi connectivity index (χ2n) is 2.03. The smallest absolute Gasteiger partial charge is 0.148 e. The van der Waals surface area contributed by atoms with Crippen LogP contribution >= 0.6 is 11.6 Å². The molecule has 0 aliphatic carbocycles. The zero-order valence-electron chi connectivity index (χ0n) is 6.66. The van der Waals surface area contributed by atoms with Gasteiger partial charge in [0.2, 0.25) is 0 Å². The van der Waals surface area contributed by atoms with Gasteiger partial charge in [0.15, 0.2) is 0 Å². The highest BCUT2D eigenvalue weighted by Crippen LogP contribution is 2.11. The zero-order chi connectivity index (χ0) is 8.81. The van der Waals surface area contributed by atoms with E-state index in [1.54, 1.807) is 18.3 Å². The Kier molecular flexibility index (Phi) is 3.47. The molecule has 1 aromatic heterocycles. The highest BCUT2D eigenvalue weighted by atomic mass is 35.5. The SMILES string of the molecule is CCN=NNc1cc(Cl)ccn1. The summed E-state index contributed by atoms with van der Waals surface area (Å²) >= 11 is 5.71. The predicted octanol–water partition coefficient (Wildman–Crippen LogP) is 2.53. The van der Waals surface area contributed by atoms with Gasteiger partial charge in [0.25, 0.3) is 0 Å². The summed E-state index contributed by atoms with van der Waals surface area (Å²) in [6.45, 7) is 2.55. The molecule has 0 amide bonds. The van der Waals surface area contributed by atoms with E-state index in [1.807, 2.05) is 6.92 Å². The minimum absolute atomic E-state index is 0.597. The Morgan fingerprint density at radius 1 is 1.67 bits per heavy atom. The molecule has 0 spiro atoms. The Bertz CT molecular complexity index is 274. The molecule has 0 unspecified atom stereocenters. The van der Waals surface area contributed by atoms with Gasteiger partial charge in [0, 0.05) is 17.3 Å². The second-order valence-corrected chi connectivity index (χ2v) is 2.47. The highest BCUT2D eigenvalue weighted by molar-refractivity contribution is 6.30. The fourth-order valence-electron chi connectivity index (χ4n) is 0.623. The van der Waals surface area contributed by atoms with E-state index in [1.165, 1.54) is 0 Å². The molecule has 0 bridgehead atoms. The van der Waals surface area contributed by atoms with Crippen molar-refractivity contribution in [1.29, 1.82) is 0 Å². The molecular weight excluding hydrogens is 176 g/mol. The molecule has 0 aliphatic rings. The Balaban J connectivity index is 2.57. The molecule has 64 valence electrons. The first-order valence-electron chi connectivity index (χ1n) is 3.57. The number of hydrogen-bond acceptors (Lipinski definition) is 3. The number of pyridine rings is 1. The standard InChI is InChI=1S/C7H9ClN4/c1-2-10-12-11-7-5-6(8)3-4-9-7/h3-5H,2H2,1H3,(H,9,10,11). The third kappa shape index (κ3) is 2.84. The van der Waals surface area contributed by atoms with Gasteiger partial charge in [-0.1, -0.05) is 16.8 Å². The van der Waals surface area contributed by atoms with Gasteiger partial charge in [-0.05, 0) is 13.0 Å². The van der Waals surface area contributed by atoms with E-state index in [0.29, 0.717) is 17.4 Å². The lowest BCUT2D eigenvalue weighted by Gasteiger charge is -1.96. The number of anilines is 1. The van der Waals surface area contributed by atoms with Crippen LogP contribution in [0.1, 0.15) is 6.92 Å². The maximum Gasteiger partial charge on any atom is 0.148 e. The molecule has 0 radical (unpaired) electrons. The first-order chi connectivity index (χ1) is 5.83. The summed E-state index contributed by atoms with van der Waals surface area (Å²) in [6.07, 6.45) is 1.60. The number of hydrogen-bond donors (Lipinski definition) is 1. The van der Waals surface area contributed by atoms with E-state index in [-0.39, 0.29) is 0 Å². The van der Waals surface area contributed by atoms with Crippen molar-refractivity contribution < 1.29 is 0 Å². The second kappa shape index (κ2) is 4.66. The summed E-state index contributed by atoms with van der Waals surface area (Å²) < 4.78 is 0. The Morgan fingerprint density at radius 2 is 2.50 bits per heavy atom. The van der Waals surface area contributed by atoms with E-state index in [9.17, 15) is 0 Å². The minimum atomic E-state index is 0.597. The van der Waals surface area contributed by atoms with Crippen LogP contribution in [0, 0.1) is 0 Å². The van der Waals surface area contributed by atoms with Crippen molar-refractivity contribution >= 4 is 17.4 Å². The van der Waals surface area contributed by atoms with Gasteiger partial charge in [-0.25, -0.2) is 10.4 Å². The van der Waals surface area contributed by atoms with E-state index < -0.39 is 0 Å². The van der Waals surface area contributed by atoms with Gasteiger partial charge < -0.3 is 0 Å². The molecule has 0 saturated carbocycles. The molecular formula is C7H9ClN4. The molecule has 12 heavy (non-hydrogen) atoms. The van der Waals surface area contributed by atoms with Gasteiger partial charge in [-0.2, -0.15) is 5.11 Å². The summed E-state index contributed by atoms with van der Waals surface area (Å²) in [5.41, 5.74) is 2.65. The molecule has 0 atom stereocenters. The predicted molar refractivity (Wildman–Crippen MR) is 48.3 cm³/mol. The Morgan fingerprint density at radius 3 is 3.17 bits per heavy atom. The third-order valence-electron chi connectivity index (χ3n) is 1.10. The summed E-state index contributed by atoms with van der Waals surface area (Å²) in [7, 11) is 0. The summed E-state index contributed by atoms with van der Waals surface area (Å²) in [5.74, 6) is 0.597. The lowest BCUT2D eigenvalue weighted by atomic mass is 10.5. The van der Waals surface area contributed by atoms with Crippen molar-refractivity contribution in [2.45, 2.75) is 6.92 Å². The number of nitrogens with zero attached hydrogens (tertiary/aromatic N) is 3.